The Hall–Kier alpha value is -3.32. The van der Waals surface area contributed by atoms with Gasteiger partial charge in [0.15, 0.2) is 0 Å². The van der Waals surface area contributed by atoms with Crippen molar-refractivity contribution in [3.8, 4) is 5.75 Å². The Bertz CT molecular complexity index is 1100. The number of sulfonamides is 1. The number of benzene rings is 3. The predicted molar refractivity (Wildman–Crippen MR) is 119 cm³/mol. The first-order valence-electron chi connectivity index (χ1n) is 9.53. The summed E-state index contributed by atoms with van der Waals surface area (Å²) in [6.07, 6.45) is 1.17. The molecule has 0 radical (unpaired) electrons. The van der Waals surface area contributed by atoms with E-state index < -0.39 is 10.0 Å². The van der Waals surface area contributed by atoms with Crippen molar-refractivity contribution in [1.82, 2.24) is 0 Å². The fourth-order valence-corrected chi connectivity index (χ4v) is 3.86. The number of anilines is 2. The van der Waals surface area contributed by atoms with Gasteiger partial charge in [0, 0.05) is 5.56 Å². The van der Waals surface area contributed by atoms with E-state index >= 15 is 0 Å². The molecule has 0 bridgehead atoms. The van der Waals surface area contributed by atoms with Crippen molar-refractivity contribution in [2.75, 3.05) is 22.5 Å². The number of ether oxygens (including phenoxy) is 1. The molecule has 7 heteroatoms. The first kappa shape index (κ1) is 21.4. The number of hydrogen-bond donors (Lipinski definition) is 1. The molecule has 1 N–H and O–H groups in total. The van der Waals surface area contributed by atoms with Crippen molar-refractivity contribution in [2.45, 2.75) is 13.5 Å². The van der Waals surface area contributed by atoms with E-state index in [0.29, 0.717) is 29.3 Å². The van der Waals surface area contributed by atoms with Gasteiger partial charge in [-0.05, 0) is 48.9 Å². The highest BCUT2D eigenvalue weighted by atomic mass is 32.2. The maximum absolute atomic E-state index is 12.6. The number of nitrogens with zero attached hydrogens (tertiary/aromatic N) is 1. The molecule has 3 rings (SSSR count). The lowest BCUT2D eigenvalue weighted by atomic mass is 10.1. The molecule has 156 valence electrons. The molecule has 0 spiro atoms. The van der Waals surface area contributed by atoms with Crippen molar-refractivity contribution in [1.29, 1.82) is 0 Å². The number of carbonyl (C=O) groups excluding carboxylic acids is 1. The molecular formula is C23H24N2O4S. The fraction of sp³-hybridized carbons (Fsp3) is 0.174. The summed E-state index contributed by atoms with van der Waals surface area (Å²) in [5.41, 5.74) is 2.36. The molecule has 0 aliphatic rings. The molecule has 0 unspecified atom stereocenters. The number of rotatable bonds is 8. The van der Waals surface area contributed by atoms with Crippen LogP contribution in [0.3, 0.4) is 0 Å². The van der Waals surface area contributed by atoms with Gasteiger partial charge < -0.3 is 10.1 Å². The van der Waals surface area contributed by atoms with Gasteiger partial charge >= 0.3 is 0 Å². The van der Waals surface area contributed by atoms with Crippen LogP contribution in [0.2, 0.25) is 0 Å². The van der Waals surface area contributed by atoms with Gasteiger partial charge in [0.1, 0.15) is 5.75 Å². The minimum absolute atomic E-state index is 0.215. The third kappa shape index (κ3) is 5.39. The van der Waals surface area contributed by atoms with Gasteiger partial charge in [0.25, 0.3) is 5.91 Å². The monoisotopic (exact) mass is 424 g/mol. The molecular weight excluding hydrogens is 400 g/mol. The van der Waals surface area contributed by atoms with Gasteiger partial charge in [0.2, 0.25) is 10.0 Å². The van der Waals surface area contributed by atoms with Crippen LogP contribution in [0.5, 0.6) is 5.75 Å². The molecule has 0 saturated carbocycles. The Morgan fingerprint density at radius 2 is 1.57 bits per heavy atom. The first-order valence-corrected chi connectivity index (χ1v) is 11.4. The summed E-state index contributed by atoms with van der Waals surface area (Å²) in [6.45, 7) is 2.58. The zero-order chi connectivity index (χ0) is 21.6. The van der Waals surface area contributed by atoms with Crippen LogP contribution in [0.1, 0.15) is 22.8 Å². The second-order valence-corrected chi connectivity index (χ2v) is 8.59. The average Bonchev–Trinajstić information content (AvgIpc) is 2.74. The third-order valence-corrected chi connectivity index (χ3v) is 5.56. The van der Waals surface area contributed by atoms with Crippen LogP contribution in [0.4, 0.5) is 11.4 Å². The number of para-hydroxylation sites is 2. The Labute approximate surface area is 177 Å². The summed E-state index contributed by atoms with van der Waals surface area (Å²) in [4.78, 5) is 12.6. The van der Waals surface area contributed by atoms with Crippen LogP contribution >= 0.6 is 0 Å². The normalized spacial score (nSPS) is 11.0. The maximum atomic E-state index is 12.6. The Balaban J connectivity index is 1.79. The van der Waals surface area contributed by atoms with Gasteiger partial charge in [-0.1, -0.05) is 42.5 Å². The second kappa shape index (κ2) is 9.45. The molecule has 0 aromatic heterocycles. The molecule has 3 aromatic carbocycles. The van der Waals surface area contributed by atoms with Crippen LogP contribution in [-0.2, 0) is 16.6 Å². The summed E-state index contributed by atoms with van der Waals surface area (Å²) in [5.74, 6) is 0.291. The summed E-state index contributed by atoms with van der Waals surface area (Å²) < 4.78 is 31.5. The molecule has 0 atom stereocenters. The Morgan fingerprint density at radius 3 is 2.20 bits per heavy atom. The van der Waals surface area contributed by atoms with E-state index in [4.69, 9.17) is 4.74 Å². The average molecular weight is 425 g/mol. The standard InChI is InChI=1S/C23H24N2O4S/c1-3-29-22-12-8-7-11-21(22)24-23(26)19-13-15-20(16-14-19)25(30(2,27)28)17-18-9-5-4-6-10-18/h4-16H,3,17H2,1-2H3,(H,24,26). The van der Waals surface area contributed by atoms with E-state index in [9.17, 15) is 13.2 Å². The Morgan fingerprint density at radius 1 is 0.933 bits per heavy atom. The van der Waals surface area contributed by atoms with Gasteiger partial charge in [-0.3, -0.25) is 9.10 Å². The summed E-state index contributed by atoms with van der Waals surface area (Å²) in [7, 11) is -3.49. The lowest BCUT2D eigenvalue weighted by Crippen LogP contribution is -2.29. The lowest BCUT2D eigenvalue weighted by molar-refractivity contribution is 0.102. The first-order chi connectivity index (χ1) is 14.4. The van der Waals surface area contributed by atoms with Crippen molar-refractivity contribution in [3.63, 3.8) is 0 Å². The molecule has 0 aliphatic carbocycles. The van der Waals surface area contributed by atoms with Crippen LogP contribution in [-0.4, -0.2) is 27.2 Å². The van der Waals surface area contributed by atoms with E-state index in [1.807, 2.05) is 49.4 Å². The summed E-state index contributed by atoms with van der Waals surface area (Å²) in [6, 6.07) is 23.0. The van der Waals surface area contributed by atoms with E-state index in [1.54, 1.807) is 36.4 Å². The lowest BCUT2D eigenvalue weighted by Gasteiger charge is -2.22. The molecule has 30 heavy (non-hydrogen) atoms. The zero-order valence-corrected chi connectivity index (χ0v) is 17.7. The summed E-state index contributed by atoms with van der Waals surface area (Å²) >= 11 is 0. The molecule has 0 fully saturated rings. The Kier molecular flexibility index (Phi) is 6.74. The van der Waals surface area contributed by atoms with Gasteiger partial charge in [-0.15, -0.1) is 0 Å². The highest BCUT2D eigenvalue weighted by Crippen LogP contribution is 2.25. The van der Waals surface area contributed by atoms with E-state index in [1.165, 1.54) is 10.6 Å². The van der Waals surface area contributed by atoms with Gasteiger partial charge in [-0.25, -0.2) is 8.42 Å². The SMILES string of the molecule is CCOc1ccccc1NC(=O)c1ccc(N(Cc2ccccc2)S(C)(=O)=O)cc1. The van der Waals surface area contributed by atoms with E-state index in [-0.39, 0.29) is 12.5 Å². The van der Waals surface area contributed by atoms with E-state index in [2.05, 4.69) is 5.32 Å². The largest absolute Gasteiger partial charge is 0.492 e. The number of carbonyl (C=O) groups is 1. The minimum atomic E-state index is -3.49. The van der Waals surface area contributed by atoms with Crippen molar-refractivity contribution >= 4 is 27.3 Å². The van der Waals surface area contributed by atoms with Crippen molar-refractivity contribution in [2.24, 2.45) is 0 Å². The van der Waals surface area contributed by atoms with Crippen molar-refractivity contribution < 1.29 is 17.9 Å². The molecule has 1 amide bonds. The number of nitrogens with one attached hydrogen (secondary N) is 1. The molecule has 0 saturated heterocycles. The van der Waals surface area contributed by atoms with Gasteiger partial charge in [0.05, 0.1) is 30.8 Å². The molecule has 3 aromatic rings. The third-order valence-electron chi connectivity index (χ3n) is 4.42. The number of amides is 1. The van der Waals surface area contributed by atoms with Crippen LogP contribution < -0.4 is 14.4 Å². The smallest absolute Gasteiger partial charge is 0.255 e. The quantitative estimate of drug-likeness (QED) is 0.585. The van der Waals surface area contributed by atoms with E-state index in [0.717, 1.165) is 5.56 Å². The highest BCUT2D eigenvalue weighted by Gasteiger charge is 2.18. The minimum Gasteiger partial charge on any atom is -0.492 e. The summed E-state index contributed by atoms with van der Waals surface area (Å²) in [5, 5.41) is 2.83. The molecule has 6 nitrogen and oxygen atoms in total. The predicted octanol–water partition coefficient (Wildman–Crippen LogP) is 4.30. The fourth-order valence-electron chi connectivity index (χ4n) is 2.97. The molecule has 0 aliphatic heterocycles. The maximum Gasteiger partial charge on any atom is 0.255 e. The van der Waals surface area contributed by atoms with Crippen LogP contribution in [0.25, 0.3) is 0 Å². The highest BCUT2D eigenvalue weighted by molar-refractivity contribution is 7.92. The number of hydrogen-bond acceptors (Lipinski definition) is 4. The second-order valence-electron chi connectivity index (χ2n) is 6.69. The zero-order valence-electron chi connectivity index (χ0n) is 16.9. The molecule has 0 heterocycles. The van der Waals surface area contributed by atoms with Crippen LogP contribution in [0.15, 0.2) is 78.9 Å². The van der Waals surface area contributed by atoms with Crippen molar-refractivity contribution in [3.05, 3.63) is 90.0 Å². The van der Waals surface area contributed by atoms with Crippen LogP contribution in [0, 0.1) is 0 Å². The topological polar surface area (TPSA) is 75.7 Å². The van der Waals surface area contributed by atoms with Gasteiger partial charge in [-0.2, -0.15) is 0 Å².